The van der Waals surface area contributed by atoms with Gasteiger partial charge in [-0.25, -0.2) is 0 Å². The van der Waals surface area contributed by atoms with Crippen LogP contribution in [0.1, 0.15) is 44.1 Å². The third kappa shape index (κ3) is 4.87. The number of rotatable bonds is 6. The van der Waals surface area contributed by atoms with E-state index in [0.717, 1.165) is 30.8 Å². The van der Waals surface area contributed by atoms with Crippen molar-refractivity contribution in [2.75, 3.05) is 13.6 Å². The summed E-state index contributed by atoms with van der Waals surface area (Å²) in [5.74, 6) is 0.150. The number of hydrogen-bond donors (Lipinski definition) is 2. The molecule has 1 amide bonds. The molecule has 1 aromatic rings. The van der Waals surface area contributed by atoms with Gasteiger partial charge in [0.15, 0.2) is 0 Å². The van der Waals surface area contributed by atoms with E-state index in [2.05, 4.69) is 10.6 Å². The molecule has 5 heteroatoms. The highest BCUT2D eigenvalue weighted by Gasteiger charge is 2.36. The minimum atomic E-state index is -0.179. The number of carbonyl (C=O) groups is 1. The zero-order valence-corrected chi connectivity index (χ0v) is 14.0. The highest BCUT2D eigenvalue weighted by molar-refractivity contribution is 6.30. The molecule has 1 saturated carbocycles. The first-order valence-corrected chi connectivity index (χ1v) is 7.76. The van der Waals surface area contributed by atoms with E-state index in [1.54, 1.807) is 0 Å². The average molecular weight is 331 g/mol. The largest absolute Gasteiger partial charge is 0.347 e. The standard InChI is InChI=1S/C16H23ClN2O.ClH/c1-18-12-4-5-15(20)19-16(10-2-3-11-16)13-6-8-14(17)9-7-13;/h6-9,18H,2-5,10-12H2,1H3,(H,19,20);1H. The molecule has 0 aliphatic heterocycles. The van der Waals surface area contributed by atoms with Gasteiger partial charge in [-0.15, -0.1) is 12.4 Å². The molecule has 0 unspecified atom stereocenters. The van der Waals surface area contributed by atoms with Gasteiger partial charge in [0.25, 0.3) is 0 Å². The lowest BCUT2D eigenvalue weighted by Gasteiger charge is -2.31. The van der Waals surface area contributed by atoms with Crippen molar-refractivity contribution < 1.29 is 4.79 Å². The highest BCUT2D eigenvalue weighted by Crippen LogP contribution is 2.39. The van der Waals surface area contributed by atoms with Crippen LogP contribution in [-0.4, -0.2) is 19.5 Å². The zero-order chi connectivity index (χ0) is 14.4. The molecular formula is C16H24Cl2N2O. The third-order valence-electron chi connectivity index (χ3n) is 4.06. The third-order valence-corrected chi connectivity index (χ3v) is 4.32. The van der Waals surface area contributed by atoms with Crippen molar-refractivity contribution in [2.24, 2.45) is 0 Å². The van der Waals surface area contributed by atoms with E-state index < -0.39 is 0 Å². The van der Waals surface area contributed by atoms with E-state index >= 15 is 0 Å². The summed E-state index contributed by atoms with van der Waals surface area (Å²) in [4.78, 5) is 12.2. The van der Waals surface area contributed by atoms with Gasteiger partial charge in [-0.3, -0.25) is 4.79 Å². The van der Waals surface area contributed by atoms with Crippen LogP contribution in [0.2, 0.25) is 5.02 Å². The van der Waals surface area contributed by atoms with Crippen LogP contribution in [0.4, 0.5) is 0 Å². The van der Waals surface area contributed by atoms with E-state index in [1.165, 1.54) is 18.4 Å². The molecule has 2 N–H and O–H groups in total. The second-order valence-electron chi connectivity index (χ2n) is 5.55. The Kier molecular flexibility index (Phi) is 7.50. The Morgan fingerprint density at radius 3 is 2.43 bits per heavy atom. The lowest BCUT2D eigenvalue weighted by molar-refractivity contribution is -0.123. The van der Waals surface area contributed by atoms with Crippen molar-refractivity contribution in [1.29, 1.82) is 0 Å². The normalized spacial score (nSPS) is 16.3. The molecule has 1 aliphatic carbocycles. The molecule has 0 bridgehead atoms. The van der Waals surface area contributed by atoms with E-state index in [9.17, 15) is 4.79 Å². The second-order valence-corrected chi connectivity index (χ2v) is 5.99. The first kappa shape index (κ1) is 18.3. The fraction of sp³-hybridized carbons (Fsp3) is 0.562. The Bertz CT molecular complexity index is 442. The van der Waals surface area contributed by atoms with Gasteiger partial charge in [0.2, 0.25) is 5.91 Å². The first-order chi connectivity index (χ1) is 9.66. The number of carbonyl (C=O) groups excluding carboxylic acids is 1. The molecule has 1 fully saturated rings. The van der Waals surface area contributed by atoms with Crippen LogP contribution in [0.25, 0.3) is 0 Å². The van der Waals surface area contributed by atoms with Crippen molar-refractivity contribution in [3.63, 3.8) is 0 Å². The number of nitrogens with one attached hydrogen (secondary N) is 2. The Balaban J connectivity index is 0.00000220. The van der Waals surface area contributed by atoms with Crippen LogP contribution < -0.4 is 10.6 Å². The molecule has 1 aliphatic rings. The number of halogens is 2. The summed E-state index contributed by atoms with van der Waals surface area (Å²) in [6.45, 7) is 0.876. The predicted molar refractivity (Wildman–Crippen MR) is 90.1 cm³/mol. The van der Waals surface area contributed by atoms with Gasteiger partial charge in [0.05, 0.1) is 5.54 Å². The van der Waals surface area contributed by atoms with Crippen molar-refractivity contribution in [1.82, 2.24) is 10.6 Å². The van der Waals surface area contributed by atoms with Crippen molar-refractivity contribution in [3.05, 3.63) is 34.9 Å². The van der Waals surface area contributed by atoms with Crippen molar-refractivity contribution >= 4 is 29.9 Å². The SMILES string of the molecule is CNCCCC(=O)NC1(c2ccc(Cl)cc2)CCCC1.Cl. The molecule has 21 heavy (non-hydrogen) atoms. The summed E-state index contributed by atoms with van der Waals surface area (Å²) in [5, 5.41) is 7.08. The summed E-state index contributed by atoms with van der Waals surface area (Å²) in [5.41, 5.74) is 1.00. The number of hydrogen-bond acceptors (Lipinski definition) is 2. The summed E-state index contributed by atoms with van der Waals surface area (Å²) < 4.78 is 0. The Hall–Kier alpha value is -0.770. The molecule has 0 radical (unpaired) electrons. The average Bonchev–Trinajstić information content (AvgIpc) is 2.89. The monoisotopic (exact) mass is 330 g/mol. The topological polar surface area (TPSA) is 41.1 Å². The van der Waals surface area contributed by atoms with Gasteiger partial charge in [-0.2, -0.15) is 0 Å². The minimum Gasteiger partial charge on any atom is -0.347 e. The highest BCUT2D eigenvalue weighted by atomic mass is 35.5. The fourth-order valence-corrected chi connectivity index (χ4v) is 3.11. The Labute approximate surface area is 138 Å². The molecule has 0 saturated heterocycles. The van der Waals surface area contributed by atoms with Crippen molar-refractivity contribution in [2.45, 2.75) is 44.1 Å². The minimum absolute atomic E-state index is 0. The van der Waals surface area contributed by atoms with Crippen molar-refractivity contribution in [3.8, 4) is 0 Å². The maximum atomic E-state index is 12.2. The maximum Gasteiger partial charge on any atom is 0.220 e. The smallest absolute Gasteiger partial charge is 0.220 e. The molecule has 2 rings (SSSR count). The van der Waals surface area contributed by atoms with E-state index in [1.807, 2.05) is 31.3 Å². The van der Waals surface area contributed by atoms with Crippen LogP contribution in [0.5, 0.6) is 0 Å². The predicted octanol–water partition coefficient (Wildman–Crippen LogP) is 3.65. The van der Waals surface area contributed by atoms with E-state index in [-0.39, 0.29) is 23.9 Å². The van der Waals surface area contributed by atoms with Gasteiger partial charge >= 0.3 is 0 Å². The summed E-state index contributed by atoms with van der Waals surface area (Å²) in [7, 11) is 1.91. The van der Waals surface area contributed by atoms with Crippen LogP contribution in [0, 0.1) is 0 Å². The molecule has 118 valence electrons. The molecule has 0 spiro atoms. The Morgan fingerprint density at radius 1 is 1.24 bits per heavy atom. The van der Waals surface area contributed by atoms with Crippen LogP contribution in [0.3, 0.4) is 0 Å². The van der Waals surface area contributed by atoms with Crippen LogP contribution >= 0.6 is 24.0 Å². The van der Waals surface area contributed by atoms with Crippen LogP contribution in [-0.2, 0) is 10.3 Å². The molecule has 3 nitrogen and oxygen atoms in total. The second kappa shape index (κ2) is 8.62. The quantitative estimate of drug-likeness (QED) is 0.782. The first-order valence-electron chi connectivity index (χ1n) is 7.38. The summed E-state index contributed by atoms with van der Waals surface area (Å²) in [6.07, 6.45) is 5.83. The maximum absolute atomic E-state index is 12.2. The van der Waals surface area contributed by atoms with Gasteiger partial charge < -0.3 is 10.6 Å². The molecule has 0 aromatic heterocycles. The molecule has 0 heterocycles. The lowest BCUT2D eigenvalue weighted by Crippen LogP contribution is -2.43. The van der Waals surface area contributed by atoms with Gasteiger partial charge in [-0.05, 0) is 50.6 Å². The zero-order valence-electron chi connectivity index (χ0n) is 12.5. The molecule has 1 aromatic carbocycles. The fourth-order valence-electron chi connectivity index (χ4n) is 2.99. The van der Waals surface area contributed by atoms with E-state index in [4.69, 9.17) is 11.6 Å². The summed E-state index contributed by atoms with van der Waals surface area (Å²) >= 11 is 5.96. The lowest BCUT2D eigenvalue weighted by atomic mass is 9.88. The van der Waals surface area contributed by atoms with Gasteiger partial charge in [-0.1, -0.05) is 36.6 Å². The van der Waals surface area contributed by atoms with Gasteiger partial charge in [0, 0.05) is 11.4 Å². The Morgan fingerprint density at radius 2 is 1.86 bits per heavy atom. The van der Waals surface area contributed by atoms with Gasteiger partial charge in [0.1, 0.15) is 0 Å². The number of benzene rings is 1. The summed E-state index contributed by atoms with van der Waals surface area (Å²) in [6, 6.07) is 7.90. The molecule has 0 atom stereocenters. The number of amides is 1. The van der Waals surface area contributed by atoms with E-state index in [0.29, 0.717) is 6.42 Å². The van der Waals surface area contributed by atoms with Crippen LogP contribution in [0.15, 0.2) is 24.3 Å². The molecular weight excluding hydrogens is 307 g/mol.